The second-order valence-electron chi connectivity index (χ2n) is 5.08. The summed E-state index contributed by atoms with van der Waals surface area (Å²) in [5, 5.41) is 3.87. The molecule has 5 nitrogen and oxygen atoms in total. The van der Waals surface area contributed by atoms with Crippen LogP contribution in [-0.2, 0) is 6.54 Å². The topological polar surface area (TPSA) is 55.6 Å². The molecule has 0 saturated heterocycles. The van der Waals surface area contributed by atoms with Crippen LogP contribution in [0.3, 0.4) is 0 Å². The van der Waals surface area contributed by atoms with Crippen molar-refractivity contribution in [2.24, 2.45) is 0 Å². The van der Waals surface area contributed by atoms with Crippen molar-refractivity contribution in [2.45, 2.75) is 39.7 Å². The number of aromatic nitrogens is 4. The van der Waals surface area contributed by atoms with Gasteiger partial charge in [0.15, 0.2) is 0 Å². The molecule has 0 fully saturated rings. The van der Waals surface area contributed by atoms with Crippen LogP contribution < -0.4 is 5.32 Å². The van der Waals surface area contributed by atoms with Gasteiger partial charge >= 0.3 is 0 Å². The number of rotatable bonds is 6. The van der Waals surface area contributed by atoms with Gasteiger partial charge in [-0.15, -0.1) is 0 Å². The van der Waals surface area contributed by atoms with Gasteiger partial charge in [0, 0.05) is 37.0 Å². The molecule has 2 aromatic heterocycles. The van der Waals surface area contributed by atoms with Crippen molar-refractivity contribution in [1.82, 2.24) is 19.5 Å². The first-order valence-corrected chi connectivity index (χ1v) is 7.19. The van der Waals surface area contributed by atoms with E-state index < -0.39 is 0 Å². The van der Waals surface area contributed by atoms with Crippen molar-refractivity contribution in [3.05, 3.63) is 35.3 Å². The van der Waals surface area contributed by atoms with Gasteiger partial charge in [0.2, 0.25) is 0 Å². The third-order valence-corrected chi connectivity index (χ3v) is 3.43. The number of imidazole rings is 1. The fourth-order valence-corrected chi connectivity index (χ4v) is 2.00. The summed E-state index contributed by atoms with van der Waals surface area (Å²) < 4.78 is 2.06. The molecule has 20 heavy (non-hydrogen) atoms. The van der Waals surface area contributed by atoms with Crippen LogP contribution in [0.15, 0.2) is 18.7 Å². The summed E-state index contributed by atoms with van der Waals surface area (Å²) in [6, 6.07) is 0. The zero-order valence-electron chi connectivity index (χ0n) is 12.1. The van der Waals surface area contributed by atoms with E-state index in [0.29, 0.717) is 5.15 Å². The molecule has 0 aliphatic carbocycles. The quantitative estimate of drug-likeness (QED) is 0.656. The molecule has 0 unspecified atom stereocenters. The van der Waals surface area contributed by atoms with Gasteiger partial charge in [0.25, 0.3) is 0 Å². The minimum atomic E-state index is 0.264. The van der Waals surface area contributed by atoms with Gasteiger partial charge in [-0.2, -0.15) is 0 Å². The van der Waals surface area contributed by atoms with Gasteiger partial charge in [-0.3, -0.25) is 0 Å². The van der Waals surface area contributed by atoms with Crippen LogP contribution in [-0.4, -0.2) is 26.1 Å². The fraction of sp³-hybridized carbons (Fsp3) is 0.500. The summed E-state index contributed by atoms with van der Waals surface area (Å²) in [6.45, 7) is 7.82. The van der Waals surface area contributed by atoms with Crippen LogP contribution in [0.25, 0.3) is 0 Å². The van der Waals surface area contributed by atoms with Gasteiger partial charge in [-0.25, -0.2) is 15.0 Å². The SMILES string of the molecule is Cc1c(Cl)nc(C(C)C)nc1NCCCn1ccnc1. The molecule has 2 aromatic rings. The number of halogens is 1. The zero-order chi connectivity index (χ0) is 14.5. The average molecular weight is 294 g/mol. The first-order chi connectivity index (χ1) is 9.58. The van der Waals surface area contributed by atoms with Crippen molar-refractivity contribution in [2.75, 3.05) is 11.9 Å². The predicted octanol–water partition coefficient (Wildman–Crippen LogP) is 3.26. The highest BCUT2D eigenvalue weighted by molar-refractivity contribution is 6.30. The lowest BCUT2D eigenvalue weighted by molar-refractivity contribution is 0.659. The summed E-state index contributed by atoms with van der Waals surface area (Å²) in [7, 11) is 0. The molecule has 6 heteroatoms. The summed E-state index contributed by atoms with van der Waals surface area (Å²) in [4.78, 5) is 12.9. The summed E-state index contributed by atoms with van der Waals surface area (Å²) in [5.74, 6) is 1.87. The van der Waals surface area contributed by atoms with Crippen molar-refractivity contribution in [1.29, 1.82) is 0 Å². The minimum absolute atomic E-state index is 0.264. The van der Waals surface area contributed by atoms with Crippen LogP contribution in [0.4, 0.5) is 5.82 Å². The monoisotopic (exact) mass is 293 g/mol. The van der Waals surface area contributed by atoms with Gasteiger partial charge < -0.3 is 9.88 Å². The van der Waals surface area contributed by atoms with Gasteiger partial charge in [-0.1, -0.05) is 25.4 Å². The van der Waals surface area contributed by atoms with Crippen molar-refractivity contribution in [3.63, 3.8) is 0 Å². The molecule has 0 bridgehead atoms. The van der Waals surface area contributed by atoms with E-state index in [1.54, 1.807) is 6.20 Å². The molecule has 0 atom stereocenters. The average Bonchev–Trinajstić information content (AvgIpc) is 2.92. The van der Waals surface area contributed by atoms with Crippen molar-refractivity contribution < 1.29 is 0 Å². The van der Waals surface area contributed by atoms with Gasteiger partial charge in [0.05, 0.1) is 6.33 Å². The molecule has 0 aliphatic rings. The van der Waals surface area contributed by atoms with E-state index in [0.717, 1.165) is 36.7 Å². The second-order valence-corrected chi connectivity index (χ2v) is 5.44. The number of hydrogen-bond acceptors (Lipinski definition) is 4. The molecule has 0 aromatic carbocycles. The number of hydrogen-bond donors (Lipinski definition) is 1. The number of nitrogens with one attached hydrogen (secondary N) is 1. The molecular weight excluding hydrogens is 274 g/mol. The lowest BCUT2D eigenvalue weighted by Crippen LogP contribution is -2.11. The van der Waals surface area contributed by atoms with Crippen LogP contribution in [0.5, 0.6) is 0 Å². The molecular formula is C14H20ClN5. The Balaban J connectivity index is 1.94. The Hall–Kier alpha value is -1.62. The Bertz CT molecular complexity index is 551. The van der Waals surface area contributed by atoms with Crippen molar-refractivity contribution in [3.8, 4) is 0 Å². The molecule has 0 saturated carbocycles. The van der Waals surface area contributed by atoms with Crippen LogP contribution in [0.2, 0.25) is 5.15 Å². The van der Waals surface area contributed by atoms with Gasteiger partial charge in [-0.05, 0) is 13.3 Å². The Morgan fingerprint density at radius 1 is 1.35 bits per heavy atom. The first kappa shape index (κ1) is 14.8. The standard InChI is InChI=1S/C14H20ClN5/c1-10(2)13-18-12(15)11(3)14(19-13)17-5-4-7-20-8-6-16-9-20/h6,8-10H,4-5,7H2,1-3H3,(H,17,18,19). The number of aryl methyl sites for hydroxylation is 1. The smallest absolute Gasteiger partial charge is 0.137 e. The van der Waals surface area contributed by atoms with Crippen molar-refractivity contribution >= 4 is 17.4 Å². The Kier molecular flexibility index (Phi) is 4.95. The minimum Gasteiger partial charge on any atom is -0.370 e. The molecule has 0 amide bonds. The van der Waals surface area contributed by atoms with E-state index in [9.17, 15) is 0 Å². The third kappa shape index (κ3) is 3.70. The summed E-state index contributed by atoms with van der Waals surface area (Å²) >= 11 is 6.15. The maximum atomic E-state index is 6.15. The van der Waals surface area contributed by atoms with E-state index in [1.165, 1.54) is 0 Å². The molecule has 1 N–H and O–H groups in total. The number of nitrogens with zero attached hydrogens (tertiary/aromatic N) is 4. The van der Waals surface area contributed by atoms with Crippen LogP contribution in [0, 0.1) is 6.92 Å². The lowest BCUT2D eigenvalue weighted by Gasteiger charge is -2.13. The Morgan fingerprint density at radius 3 is 2.80 bits per heavy atom. The predicted molar refractivity (Wildman–Crippen MR) is 81.2 cm³/mol. The van der Waals surface area contributed by atoms with E-state index in [-0.39, 0.29) is 5.92 Å². The molecule has 2 heterocycles. The maximum absolute atomic E-state index is 6.15. The van der Waals surface area contributed by atoms with Crippen LogP contribution in [0.1, 0.15) is 37.6 Å². The molecule has 108 valence electrons. The van der Waals surface area contributed by atoms with E-state index in [4.69, 9.17) is 11.6 Å². The molecule has 0 radical (unpaired) electrons. The van der Waals surface area contributed by atoms with Gasteiger partial charge in [0.1, 0.15) is 16.8 Å². The summed E-state index contributed by atoms with van der Waals surface area (Å²) in [6.07, 6.45) is 6.57. The highest BCUT2D eigenvalue weighted by Gasteiger charge is 2.11. The van der Waals surface area contributed by atoms with E-state index in [1.807, 2.05) is 19.4 Å². The molecule has 0 spiro atoms. The van der Waals surface area contributed by atoms with E-state index >= 15 is 0 Å². The third-order valence-electron chi connectivity index (χ3n) is 3.06. The summed E-state index contributed by atoms with van der Waals surface area (Å²) in [5.41, 5.74) is 0.902. The second kappa shape index (κ2) is 6.70. The Labute approximate surface area is 124 Å². The highest BCUT2D eigenvalue weighted by Crippen LogP contribution is 2.22. The zero-order valence-corrected chi connectivity index (χ0v) is 12.9. The Morgan fingerprint density at radius 2 is 2.15 bits per heavy atom. The van der Waals surface area contributed by atoms with Crippen LogP contribution >= 0.6 is 11.6 Å². The highest BCUT2D eigenvalue weighted by atomic mass is 35.5. The maximum Gasteiger partial charge on any atom is 0.137 e. The normalized spacial score (nSPS) is 11.1. The molecule has 0 aliphatic heterocycles. The number of anilines is 1. The fourth-order valence-electron chi connectivity index (χ4n) is 1.82. The van der Waals surface area contributed by atoms with E-state index in [2.05, 4.69) is 38.7 Å². The first-order valence-electron chi connectivity index (χ1n) is 6.81. The lowest BCUT2D eigenvalue weighted by atomic mass is 10.2. The largest absolute Gasteiger partial charge is 0.370 e. The molecule has 2 rings (SSSR count).